The van der Waals surface area contributed by atoms with E-state index in [1.54, 1.807) is 0 Å². The van der Waals surface area contributed by atoms with Gasteiger partial charge in [-0.1, -0.05) is 27.7 Å². The zero-order valence-corrected chi connectivity index (χ0v) is 11.1. The van der Waals surface area contributed by atoms with Crippen LogP contribution in [-0.2, 0) is 9.59 Å². The van der Waals surface area contributed by atoms with Crippen LogP contribution in [0.25, 0.3) is 0 Å². The molecular weight excluding hydrogens is 220 g/mol. The Balaban J connectivity index is 4.66. The molecule has 1 amide bonds. The van der Waals surface area contributed by atoms with E-state index in [-0.39, 0.29) is 11.8 Å². The largest absolute Gasteiger partial charge is 0.480 e. The number of carboxylic acid groups (broad SMARTS) is 1. The van der Waals surface area contributed by atoms with Crippen LogP contribution < -0.4 is 11.1 Å². The van der Waals surface area contributed by atoms with Crippen molar-refractivity contribution in [2.24, 2.45) is 11.7 Å². The third-order valence-corrected chi connectivity index (χ3v) is 3.02. The predicted molar refractivity (Wildman–Crippen MR) is 66.5 cm³/mol. The van der Waals surface area contributed by atoms with E-state index < -0.39 is 17.6 Å². The predicted octanol–water partition coefficient (Wildman–Crippen LogP) is 1.12. The minimum absolute atomic E-state index is 0.201. The highest BCUT2D eigenvalue weighted by molar-refractivity contribution is 5.89. The van der Waals surface area contributed by atoms with Gasteiger partial charge in [0.2, 0.25) is 5.91 Å². The molecule has 0 aliphatic heterocycles. The van der Waals surface area contributed by atoms with Gasteiger partial charge in [-0.05, 0) is 25.2 Å². The normalized spacial score (nSPS) is 13.5. The minimum atomic E-state index is -1.01. The molecule has 0 radical (unpaired) electrons. The standard InChI is InChI=1S/C12H24N2O3/c1-5-12(13,6-2)11(17)14-9(10(15)16)7-8(3)4/h8-9H,5-7,13H2,1-4H3,(H,14,17)(H,15,16)/t9-/m1/s1. The van der Waals surface area contributed by atoms with Gasteiger partial charge in [0.25, 0.3) is 0 Å². The van der Waals surface area contributed by atoms with Gasteiger partial charge in [-0.15, -0.1) is 0 Å². The molecule has 0 aromatic heterocycles. The summed E-state index contributed by atoms with van der Waals surface area (Å²) in [5, 5.41) is 11.6. The van der Waals surface area contributed by atoms with Crippen LogP contribution >= 0.6 is 0 Å². The first kappa shape index (κ1) is 15.9. The number of amides is 1. The number of carbonyl (C=O) groups is 2. The molecule has 0 spiro atoms. The molecule has 0 aromatic rings. The van der Waals surface area contributed by atoms with Gasteiger partial charge in [-0.2, -0.15) is 0 Å². The van der Waals surface area contributed by atoms with E-state index in [9.17, 15) is 9.59 Å². The molecule has 0 heterocycles. The smallest absolute Gasteiger partial charge is 0.326 e. The van der Waals surface area contributed by atoms with E-state index in [4.69, 9.17) is 10.8 Å². The van der Waals surface area contributed by atoms with E-state index in [1.807, 2.05) is 27.7 Å². The summed E-state index contributed by atoms with van der Waals surface area (Å²) >= 11 is 0. The van der Waals surface area contributed by atoms with Gasteiger partial charge in [0, 0.05) is 0 Å². The van der Waals surface area contributed by atoms with Crippen LogP contribution in [0.15, 0.2) is 0 Å². The molecule has 0 saturated heterocycles. The van der Waals surface area contributed by atoms with Gasteiger partial charge in [-0.25, -0.2) is 4.79 Å². The molecule has 0 aliphatic carbocycles. The summed E-state index contributed by atoms with van der Waals surface area (Å²) in [7, 11) is 0. The summed E-state index contributed by atoms with van der Waals surface area (Å²) in [5.74, 6) is -1.19. The van der Waals surface area contributed by atoms with Crippen LogP contribution in [0.1, 0.15) is 47.0 Å². The van der Waals surface area contributed by atoms with Crippen molar-refractivity contribution in [3.05, 3.63) is 0 Å². The summed E-state index contributed by atoms with van der Waals surface area (Å²) in [6.45, 7) is 7.47. The zero-order chi connectivity index (χ0) is 13.6. The van der Waals surface area contributed by atoms with Crippen LogP contribution in [0.5, 0.6) is 0 Å². The first-order valence-corrected chi connectivity index (χ1v) is 6.09. The van der Waals surface area contributed by atoms with E-state index in [0.29, 0.717) is 19.3 Å². The number of hydrogen-bond acceptors (Lipinski definition) is 3. The third-order valence-electron chi connectivity index (χ3n) is 3.02. The molecule has 0 aromatic carbocycles. The fourth-order valence-electron chi connectivity index (χ4n) is 1.57. The molecule has 0 saturated carbocycles. The van der Waals surface area contributed by atoms with Crippen LogP contribution in [0, 0.1) is 5.92 Å². The van der Waals surface area contributed by atoms with Crippen molar-refractivity contribution in [1.82, 2.24) is 5.32 Å². The molecule has 1 atom stereocenters. The SMILES string of the molecule is CCC(N)(CC)C(=O)N[C@H](CC(C)C)C(=O)O. The van der Waals surface area contributed by atoms with Gasteiger partial charge < -0.3 is 16.2 Å². The van der Waals surface area contributed by atoms with E-state index in [2.05, 4.69) is 5.32 Å². The molecule has 0 unspecified atom stereocenters. The van der Waals surface area contributed by atoms with Crippen LogP contribution in [0.3, 0.4) is 0 Å². The first-order chi connectivity index (χ1) is 7.76. The monoisotopic (exact) mass is 244 g/mol. The topological polar surface area (TPSA) is 92.4 Å². The quantitative estimate of drug-likeness (QED) is 0.625. The summed E-state index contributed by atoms with van der Waals surface area (Å²) in [6.07, 6.45) is 1.39. The molecule has 17 heavy (non-hydrogen) atoms. The highest BCUT2D eigenvalue weighted by Crippen LogP contribution is 2.13. The lowest BCUT2D eigenvalue weighted by Crippen LogP contribution is -2.57. The fourth-order valence-corrected chi connectivity index (χ4v) is 1.57. The lowest BCUT2D eigenvalue weighted by atomic mass is 9.92. The molecule has 100 valence electrons. The number of carboxylic acids is 1. The molecule has 0 aliphatic rings. The number of rotatable bonds is 7. The molecule has 4 N–H and O–H groups in total. The minimum Gasteiger partial charge on any atom is -0.480 e. The van der Waals surface area contributed by atoms with Gasteiger partial charge in [0.15, 0.2) is 0 Å². The Kier molecular flexibility index (Phi) is 6.16. The number of hydrogen-bond donors (Lipinski definition) is 3. The Morgan fingerprint density at radius 1 is 1.29 bits per heavy atom. The second-order valence-corrected chi connectivity index (χ2v) is 4.86. The molecule has 0 fully saturated rings. The van der Waals surface area contributed by atoms with Gasteiger partial charge in [0.05, 0.1) is 5.54 Å². The van der Waals surface area contributed by atoms with Gasteiger partial charge >= 0.3 is 5.97 Å². The zero-order valence-electron chi connectivity index (χ0n) is 11.1. The average Bonchev–Trinajstić information content (AvgIpc) is 2.26. The van der Waals surface area contributed by atoms with Gasteiger partial charge in [-0.3, -0.25) is 4.79 Å². The number of nitrogens with one attached hydrogen (secondary N) is 1. The summed E-state index contributed by atoms with van der Waals surface area (Å²) < 4.78 is 0. The van der Waals surface area contributed by atoms with Crippen LogP contribution in [-0.4, -0.2) is 28.6 Å². The molecule has 0 bridgehead atoms. The van der Waals surface area contributed by atoms with E-state index in [1.165, 1.54) is 0 Å². The first-order valence-electron chi connectivity index (χ1n) is 6.09. The van der Waals surface area contributed by atoms with Crippen molar-refractivity contribution in [1.29, 1.82) is 0 Å². The van der Waals surface area contributed by atoms with Crippen molar-refractivity contribution in [2.75, 3.05) is 0 Å². The average molecular weight is 244 g/mol. The Bertz CT molecular complexity index is 273. The summed E-state index contributed by atoms with van der Waals surface area (Å²) in [5.41, 5.74) is 4.95. The van der Waals surface area contributed by atoms with Crippen LogP contribution in [0.2, 0.25) is 0 Å². The summed E-state index contributed by atoms with van der Waals surface area (Å²) in [4.78, 5) is 22.9. The van der Waals surface area contributed by atoms with Crippen molar-refractivity contribution in [3.8, 4) is 0 Å². The highest BCUT2D eigenvalue weighted by Gasteiger charge is 2.33. The Hall–Kier alpha value is -1.10. The number of carbonyl (C=O) groups excluding carboxylic acids is 1. The van der Waals surface area contributed by atoms with Crippen molar-refractivity contribution in [3.63, 3.8) is 0 Å². The van der Waals surface area contributed by atoms with Gasteiger partial charge in [0.1, 0.15) is 6.04 Å². The van der Waals surface area contributed by atoms with E-state index in [0.717, 1.165) is 0 Å². The molecule has 5 nitrogen and oxygen atoms in total. The number of nitrogens with two attached hydrogens (primary N) is 1. The third kappa shape index (κ3) is 4.73. The molecule has 0 rings (SSSR count). The lowest BCUT2D eigenvalue weighted by Gasteiger charge is -2.27. The second kappa shape index (κ2) is 6.59. The lowest BCUT2D eigenvalue weighted by molar-refractivity contribution is -0.143. The van der Waals surface area contributed by atoms with Crippen molar-refractivity contribution >= 4 is 11.9 Å². The Morgan fingerprint density at radius 3 is 2.06 bits per heavy atom. The van der Waals surface area contributed by atoms with Crippen molar-refractivity contribution in [2.45, 2.75) is 58.5 Å². The van der Waals surface area contributed by atoms with Crippen molar-refractivity contribution < 1.29 is 14.7 Å². The molecular formula is C12H24N2O3. The fraction of sp³-hybridized carbons (Fsp3) is 0.833. The Morgan fingerprint density at radius 2 is 1.76 bits per heavy atom. The number of aliphatic carboxylic acids is 1. The Labute approximate surface area is 103 Å². The second-order valence-electron chi connectivity index (χ2n) is 4.86. The summed E-state index contributed by atoms with van der Waals surface area (Å²) in [6, 6.07) is -0.858. The maximum absolute atomic E-state index is 11.9. The van der Waals surface area contributed by atoms with Crippen LogP contribution in [0.4, 0.5) is 0 Å². The maximum atomic E-state index is 11.9. The van der Waals surface area contributed by atoms with E-state index >= 15 is 0 Å². The molecule has 5 heteroatoms. The maximum Gasteiger partial charge on any atom is 0.326 e. The highest BCUT2D eigenvalue weighted by atomic mass is 16.4.